The molecular formula is C18H17N3O3. The molecule has 0 fully saturated rings. The Bertz CT molecular complexity index is 899. The fraction of sp³-hybridized carbons (Fsp3) is 0.111. The fourth-order valence-corrected chi connectivity index (χ4v) is 2.28. The topological polar surface area (TPSA) is 74.6 Å². The van der Waals surface area contributed by atoms with E-state index in [0.29, 0.717) is 22.5 Å². The molecule has 0 radical (unpaired) electrons. The SMILES string of the molecule is CN(C)C(=O)Nc1cccc(NC(=O)c2cccc3ccoc23)c1. The molecule has 0 saturated carbocycles. The lowest BCUT2D eigenvalue weighted by Gasteiger charge is -2.13. The van der Waals surface area contributed by atoms with Gasteiger partial charge in [0.2, 0.25) is 0 Å². The first-order valence-electron chi connectivity index (χ1n) is 7.40. The van der Waals surface area contributed by atoms with Crippen molar-refractivity contribution in [1.82, 2.24) is 4.90 Å². The molecule has 0 aliphatic rings. The van der Waals surface area contributed by atoms with Crippen molar-refractivity contribution in [1.29, 1.82) is 0 Å². The second-order valence-corrected chi connectivity index (χ2v) is 5.50. The molecule has 3 rings (SSSR count). The van der Waals surface area contributed by atoms with E-state index in [2.05, 4.69) is 10.6 Å². The van der Waals surface area contributed by atoms with Gasteiger partial charge in [-0.1, -0.05) is 18.2 Å². The number of furan rings is 1. The minimum Gasteiger partial charge on any atom is -0.464 e. The van der Waals surface area contributed by atoms with Crippen molar-refractivity contribution in [2.24, 2.45) is 0 Å². The van der Waals surface area contributed by atoms with Crippen molar-refractivity contribution >= 4 is 34.3 Å². The summed E-state index contributed by atoms with van der Waals surface area (Å²) in [4.78, 5) is 25.6. The number of anilines is 2. The van der Waals surface area contributed by atoms with E-state index in [1.54, 1.807) is 56.8 Å². The summed E-state index contributed by atoms with van der Waals surface area (Å²) in [5, 5.41) is 6.43. The molecule has 2 N–H and O–H groups in total. The lowest BCUT2D eigenvalue weighted by Crippen LogP contribution is -2.27. The number of urea groups is 1. The summed E-state index contributed by atoms with van der Waals surface area (Å²) in [7, 11) is 3.32. The predicted octanol–water partition coefficient (Wildman–Crippen LogP) is 3.78. The zero-order chi connectivity index (χ0) is 17.1. The number of hydrogen-bond acceptors (Lipinski definition) is 3. The van der Waals surface area contributed by atoms with Crippen LogP contribution in [-0.2, 0) is 0 Å². The Balaban J connectivity index is 1.80. The first-order valence-corrected chi connectivity index (χ1v) is 7.40. The molecule has 0 aliphatic heterocycles. The predicted molar refractivity (Wildman–Crippen MR) is 93.3 cm³/mol. The van der Waals surface area contributed by atoms with Crippen LogP contribution in [0.5, 0.6) is 0 Å². The van der Waals surface area contributed by atoms with Gasteiger partial charge in [0, 0.05) is 30.9 Å². The van der Waals surface area contributed by atoms with E-state index < -0.39 is 0 Å². The van der Waals surface area contributed by atoms with Crippen LogP contribution in [0.15, 0.2) is 59.2 Å². The first kappa shape index (κ1) is 15.6. The molecule has 1 aromatic heterocycles. The highest BCUT2D eigenvalue weighted by Gasteiger charge is 2.13. The van der Waals surface area contributed by atoms with E-state index in [9.17, 15) is 9.59 Å². The van der Waals surface area contributed by atoms with Crippen molar-refractivity contribution in [3.8, 4) is 0 Å². The average Bonchev–Trinajstić information content (AvgIpc) is 3.03. The Morgan fingerprint density at radius 1 is 0.958 bits per heavy atom. The van der Waals surface area contributed by atoms with Crippen LogP contribution in [0.25, 0.3) is 11.0 Å². The van der Waals surface area contributed by atoms with Gasteiger partial charge >= 0.3 is 6.03 Å². The maximum absolute atomic E-state index is 12.5. The third-order valence-electron chi connectivity index (χ3n) is 3.50. The number of nitrogens with zero attached hydrogens (tertiary/aromatic N) is 1. The highest BCUT2D eigenvalue weighted by molar-refractivity contribution is 6.11. The van der Waals surface area contributed by atoms with Gasteiger partial charge in [-0.25, -0.2) is 4.79 Å². The highest BCUT2D eigenvalue weighted by Crippen LogP contribution is 2.22. The van der Waals surface area contributed by atoms with Crippen LogP contribution in [0.3, 0.4) is 0 Å². The number of nitrogens with one attached hydrogen (secondary N) is 2. The number of amides is 3. The standard InChI is InChI=1S/C18H17N3O3/c1-21(2)18(23)20-14-7-4-6-13(11-14)19-17(22)15-8-3-5-12-9-10-24-16(12)15/h3-11H,1-2H3,(H,19,22)(H,20,23). The molecule has 0 aliphatic carbocycles. The van der Waals surface area contributed by atoms with E-state index in [1.165, 1.54) is 4.90 Å². The fourth-order valence-electron chi connectivity index (χ4n) is 2.28. The third kappa shape index (κ3) is 3.22. The Hall–Kier alpha value is -3.28. The molecule has 2 aromatic carbocycles. The van der Waals surface area contributed by atoms with E-state index in [1.807, 2.05) is 12.1 Å². The van der Waals surface area contributed by atoms with Crippen LogP contribution in [0, 0.1) is 0 Å². The molecule has 6 heteroatoms. The molecule has 0 atom stereocenters. The number of benzene rings is 2. The summed E-state index contributed by atoms with van der Waals surface area (Å²) in [6.07, 6.45) is 1.55. The quantitative estimate of drug-likeness (QED) is 0.770. The van der Waals surface area contributed by atoms with Crippen LogP contribution in [0.4, 0.5) is 16.2 Å². The second kappa shape index (κ2) is 6.45. The lowest BCUT2D eigenvalue weighted by molar-refractivity contribution is 0.102. The van der Waals surface area contributed by atoms with Gasteiger partial charge in [0.15, 0.2) is 0 Å². The van der Waals surface area contributed by atoms with Crippen molar-refractivity contribution in [3.63, 3.8) is 0 Å². The zero-order valence-electron chi connectivity index (χ0n) is 13.4. The van der Waals surface area contributed by atoms with E-state index in [-0.39, 0.29) is 11.9 Å². The largest absolute Gasteiger partial charge is 0.464 e. The molecule has 0 saturated heterocycles. The molecule has 122 valence electrons. The number of hydrogen-bond donors (Lipinski definition) is 2. The minimum atomic E-state index is -0.272. The Kier molecular flexibility index (Phi) is 4.20. The molecule has 0 spiro atoms. The number of carbonyl (C=O) groups excluding carboxylic acids is 2. The van der Waals surface area contributed by atoms with E-state index >= 15 is 0 Å². The van der Waals surface area contributed by atoms with Crippen molar-refractivity contribution in [3.05, 3.63) is 60.4 Å². The molecular weight excluding hydrogens is 306 g/mol. The van der Waals surface area contributed by atoms with Gasteiger partial charge in [0.1, 0.15) is 5.58 Å². The monoisotopic (exact) mass is 323 g/mol. The Morgan fingerprint density at radius 2 is 1.67 bits per heavy atom. The van der Waals surface area contributed by atoms with Gasteiger partial charge < -0.3 is 20.0 Å². The van der Waals surface area contributed by atoms with Gasteiger partial charge in [0.05, 0.1) is 11.8 Å². The maximum Gasteiger partial charge on any atom is 0.321 e. The normalized spacial score (nSPS) is 10.4. The summed E-state index contributed by atoms with van der Waals surface area (Å²) in [6.45, 7) is 0. The molecule has 6 nitrogen and oxygen atoms in total. The maximum atomic E-state index is 12.5. The number of fused-ring (bicyclic) bond motifs is 1. The van der Waals surface area contributed by atoms with Crippen molar-refractivity contribution < 1.29 is 14.0 Å². The van der Waals surface area contributed by atoms with E-state index in [4.69, 9.17) is 4.42 Å². The van der Waals surface area contributed by atoms with Crippen molar-refractivity contribution in [2.75, 3.05) is 24.7 Å². The van der Waals surface area contributed by atoms with Crippen LogP contribution < -0.4 is 10.6 Å². The lowest BCUT2D eigenvalue weighted by atomic mass is 10.1. The van der Waals surface area contributed by atoms with E-state index in [0.717, 1.165) is 5.39 Å². The summed E-state index contributed by atoms with van der Waals surface area (Å²) in [5.41, 5.74) is 2.19. The number of para-hydroxylation sites is 1. The van der Waals surface area contributed by atoms with Crippen LogP contribution >= 0.6 is 0 Å². The molecule has 3 amide bonds. The summed E-state index contributed by atoms with van der Waals surface area (Å²) in [5.74, 6) is -0.272. The summed E-state index contributed by atoms with van der Waals surface area (Å²) < 4.78 is 5.39. The van der Waals surface area contributed by atoms with Gasteiger partial charge in [-0.15, -0.1) is 0 Å². The molecule has 3 aromatic rings. The molecule has 24 heavy (non-hydrogen) atoms. The smallest absolute Gasteiger partial charge is 0.321 e. The van der Waals surface area contributed by atoms with Gasteiger partial charge in [-0.3, -0.25) is 4.79 Å². The third-order valence-corrected chi connectivity index (χ3v) is 3.50. The van der Waals surface area contributed by atoms with Gasteiger partial charge in [0.25, 0.3) is 5.91 Å². The minimum absolute atomic E-state index is 0.237. The van der Waals surface area contributed by atoms with Crippen LogP contribution in [0.1, 0.15) is 10.4 Å². The molecule has 0 bridgehead atoms. The highest BCUT2D eigenvalue weighted by atomic mass is 16.3. The Morgan fingerprint density at radius 3 is 2.42 bits per heavy atom. The van der Waals surface area contributed by atoms with Gasteiger partial charge in [-0.05, 0) is 30.3 Å². The first-order chi connectivity index (χ1) is 11.5. The summed E-state index contributed by atoms with van der Waals surface area (Å²) >= 11 is 0. The van der Waals surface area contributed by atoms with Gasteiger partial charge in [-0.2, -0.15) is 0 Å². The molecule has 0 unspecified atom stereocenters. The van der Waals surface area contributed by atoms with Crippen molar-refractivity contribution in [2.45, 2.75) is 0 Å². The average molecular weight is 323 g/mol. The number of rotatable bonds is 3. The zero-order valence-corrected chi connectivity index (χ0v) is 13.4. The Labute approximate surface area is 139 Å². The second-order valence-electron chi connectivity index (χ2n) is 5.50. The van der Waals surface area contributed by atoms with Crippen LogP contribution in [0.2, 0.25) is 0 Å². The summed E-state index contributed by atoms with van der Waals surface area (Å²) in [6, 6.07) is 13.9. The number of carbonyl (C=O) groups is 2. The van der Waals surface area contributed by atoms with Crippen LogP contribution in [-0.4, -0.2) is 30.9 Å². The molecule has 1 heterocycles.